The van der Waals surface area contributed by atoms with Crippen LogP contribution in [0.25, 0.3) is 80.7 Å². The summed E-state index contributed by atoms with van der Waals surface area (Å²) >= 11 is 1.87. The zero-order valence-electron chi connectivity index (χ0n) is 29.9. The van der Waals surface area contributed by atoms with Gasteiger partial charge >= 0.3 is 0 Å². The number of nitrogens with zero attached hydrogens (tertiary/aromatic N) is 2. The Bertz CT molecular complexity index is 3090. The third-order valence-corrected chi connectivity index (χ3v) is 12.1. The maximum Gasteiger partial charge on any atom is 0.0619 e. The van der Waals surface area contributed by atoms with Crippen LogP contribution in [0.4, 0.5) is 17.1 Å². The molecule has 0 N–H and O–H groups in total. The van der Waals surface area contributed by atoms with Crippen molar-refractivity contribution in [3.05, 3.63) is 206 Å². The molecular formula is C52H34N2S. The molecule has 55 heavy (non-hydrogen) atoms. The standard InChI is InChI=1S/C52H34N2S/c1-3-11-35(12-4-1)37-19-24-40(25-20-37)53(41-26-21-38(22-27-41)36-13-5-2-6-14-36)42-28-31-46-47-32-29-43(34-51(47)55-50(46)33-42)54-49-18-10-9-17-45(49)48-30-23-39-15-7-8-16-44(39)52(48)54/h1-34H. The van der Waals surface area contributed by atoms with Crippen molar-refractivity contribution in [3.63, 3.8) is 0 Å². The summed E-state index contributed by atoms with van der Waals surface area (Å²) < 4.78 is 5.01. The van der Waals surface area contributed by atoms with Crippen molar-refractivity contribution >= 4 is 81.1 Å². The second kappa shape index (κ2) is 12.9. The summed E-state index contributed by atoms with van der Waals surface area (Å²) in [6.07, 6.45) is 0. The van der Waals surface area contributed by atoms with Crippen molar-refractivity contribution in [2.75, 3.05) is 4.90 Å². The average molecular weight is 719 g/mol. The molecule has 0 unspecified atom stereocenters. The van der Waals surface area contributed by atoms with Gasteiger partial charge in [0.1, 0.15) is 0 Å². The summed E-state index contributed by atoms with van der Waals surface area (Å²) in [7, 11) is 0. The summed E-state index contributed by atoms with van der Waals surface area (Å²) in [5.74, 6) is 0. The van der Waals surface area contributed by atoms with Crippen molar-refractivity contribution in [3.8, 4) is 27.9 Å². The molecular weight excluding hydrogens is 685 g/mol. The largest absolute Gasteiger partial charge is 0.310 e. The van der Waals surface area contributed by atoms with E-state index in [9.17, 15) is 0 Å². The van der Waals surface area contributed by atoms with Crippen molar-refractivity contribution in [2.45, 2.75) is 0 Å². The second-order valence-corrected chi connectivity index (χ2v) is 15.2. The number of rotatable bonds is 6. The molecule has 0 radical (unpaired) electrons. The first-order valence-corrected chi connectivity index (χ1v) is 19.6. The van der Waals surface area contributed by atoms with E-state index in [0.29, 0.717) is 0 Å². The molecule has 2 aromatic heterocycles. The lowest BCUT2D eigenvalue weighted by Gasteiger charge is -2.26. The molecule has 0 spiro atoms. The van der Waals surface area contributed by atoms with Gasteiger partial charge in [-0.05, 0) is 82.2 Å². The Morgan fingerprint density at radius 3 is 1.53 bits per heavy atom. The highest BCUT2D eigenvalue weighted by atomic mass is 32.1. The van der Waals surface area contributed by atoms with Gasteiger partial charge < -0.3 is 9.47 Å². The minimum atomic E-state index is 1.12. The fraction of sp³-hybridized carbons (Fsp3) is 0. The van der Waals surface area contributed by atoms with Crippen LogP contribution >= 0.6 is 11.3 Å². The van der Waals surface area contributed by atoms with E-state index in [0.717, 1.165) is 17.1 Å². The topological polar surface area (TPSA) is 8.17 Å². The molecule has 2 nitrogen and oxygen atoms in total. The molecule has 0 aliphatic carbocycles. The predicted octanol–water partition coefficient (Wildman–Crippen LogP) is 15.1. The fourth-order valence-corrected chi connectivity index (χ4v) is 9.52. The molecule has 3 heteroatoms. The van der Waals surface area contributed by atoms with Crippen LogP contribution in [0.2, 0.25) is 0 Å². The summed E-state index contributed by atoms with van der Waals surface area (Å²) in [5, 5.41) is 7.64. The number of hydrogen-bond acceptors (Lipinski definition) is 2. The van der Waals surface area contributed by atoms with Gasteiger partial charge in [0.15, 0.2) is 0 Å². The van der Waals surface area contributed by atoms with Crippen molar-refractivity contribution < 1.29 is 0 Å². The molecule has 0 saturated carbocycles. The zero-order valence-corrected chi connectivity index (χ0v) is 30.7. The molecule has 0 bridgehead atoms. The van der Waals surface area contributed by atoms with Gasteiger partial charge in [0.05, 0.1) is 11.0 Å². The number of fused-ring (bicyclic) bond motifs is 8. The monoisotopic (exact) mass is 718 g/mol. The van der Waals surface area contributed by atoms with Crippen LogP contribution in [-0.4, -0.2) is 4.57 Å². The maximum atomic E-state index is 2.46. The van der Waals surface area contributed by atoms with Crippen LogP contribution < -0.4 is 4.90 Å². The van der Waals surface area contributed by atoms with Crippen LogP contribution in [0.15, 0.2) is 206 Å². The fourth-order valence-electron chi connectivity index (χ4n) is 8.35. The highest BCUT2D eigenvalue weighted by Gasteiger charge is 2.18. The van der Waals surface area contributed by atoms with E-state index < -0.39 is 0 Å². The lowest BCUT2D eigenvalue weighted by atomic mass is 10.0. The molecule has 0 fully saturated rings. The normalized spacial score (nSPS) is 11.6. The number of thiophene rings is 1. The van der Waals surface area contributed by atoms with Gasteiger partial charge in [-0.25, -0.2) is 0 Å². The van der Waals surface area contributed by atoms with Crippen molar-refractivity contribution in [1.29, 1.82) is 0 Å². The molecule has 2 heterocycles. The highest BCUT2D eigenvalue weighted by Crippen LogP contribution is 2.43. The first-order valence-electron chi connectivity index (χ1n) is 18.8. The molecule has 11 aromatic rings. The van der Waals surface area contributed by atoms with Crippen LogP contribution in [0, 0.1) is 0 Å². The van der Waals surface area contributed by atoms with E-state index >= 15 is 0 Å². The number of para-hydroxylation sites is 1. The minimum Gasteiger partial charge on any atom is -0.310 e. The summed E-state index contributed by atoms with van der Waals surface area (Å²) in [4.78, 5) is 2.38. The Labute approximate surface area is 323 Å². The number of anilines is 3. The van der Waals surface area contributed by atoms with Gasteiger partial charge in [-0.1, -0.05) is 152 Å². The molecule has 0 saturated heterocycles. The highest BCUT2D eigenvalue weighted by molar-refractivity contribution is 7.25. The Kier molecular flexibility index (Phi) is 7.39. The minimum absolute atomic E-state index is 1.12. The first-order chi connectivity index (χ1) is 27.3. The van der Waals surface area contributed by atoms with Crippen LogP contribution in [0.5, 0.6) is 0 Å². The number of aromatic nitrogens is 1. The predicted molar refractivity (Wildman–Crippen MR) is 237 cm³/mol. The average Bonchev–Trinajstić information content (AvgIpc) is 3.80. The van der Waals surface area contributed by atoms with E-state index in [1.165, 1.54) is 80.7 Å². The lowest BCUT2D eigenvalue weighted by molar-refractivity contribution is 1.19. The van der Waals surface area contributed by atoms with E-state index in [2.05, 4.69) is 216 Å². The van der Waals surface area contributed by atoms with Gasteiger partial charge in [0, 0.05) is 59.1 Å². The van der Waals surface area contributed by atoms with E-state index in [1.807, 2.05) is 11.3 Å². The molecule has 0 aliphatic heterocycles. The van der Waals surface area contributed by atoms with E-state index in [1.54, 1.807) is 0 Å². The second-order valence-electron chi connectivity index (χ2n) is 14.2. The smallest absolute Gasteiger partial charge is 0.0619 e. The van der Waals surface area contributed by atoms with Crippen molar-refractivity contribution in [1.82, 2.24) is 4.57 Å². The van der Waals surface area contributed by atoms with Gasteiger partial charge in [-0.3, -0.25) is 0 Å². The molecule has 0 amide bonds. The summed E-state index contributed by atoms with van der Waals surface area (Å²) in [5.41, 5.74) is 11.9. The third kappa shape index (κ3) is 5.32. The van der Waals surface area contributed by atoms with Gasteiger partial charge in [-0.2, -0.15) is 0 Å². The molecule has 0 aliphatic rings. The quantitative estimate of drug-likeness (QED) is 0.166. The Balaban J connectivity index is 1.05. The van der Waals surface area contributed by atoms with Gasteiger partial charge in [-0.15, -0.1) is 11.3 Å². The van der Waals surface area contributed by atoms with Crippen LogP contribution in [-0.2, 0) is 0 Å². The third-order valence-electron chi connectivity index (χ3n) is 11.0. The van der Waals surface area contributed by atoms with E-state index in [-0.39, 0.29) is 0 Å². The first kappa shape index (κ1) is 31.6. The zero-order chi connectivity index (χ0) is 36.3. The van der Waals surface area contributed by atoms with Crippen LogP contribution in [0.1, 0.15) is 0 Å². The van der Waals surface area contributed by atoms with Gasteiger partial charge in [0.25, 0.3) is 0 Å². The lowest BCUT2D eigenvalue weighted by Crippen LogP contribution is -2.09. The summed E-state index contributed by atoms with van der Waals surface area (Å²) in [6, 6.07) is 75.1. The van der Waals surface area contributed by atoms with Crippen LogP contribution in [0.3, 0.4) is 0 Å². The summed E-state index contributed by atoms with van der Waals surface area (Å²) in [6.45, 7) is 0. The molecule has 9 aromatic carbocycles. The SMILES string of the molecule is c1ccc(-c2ccc(N(c3ccc(-c4ccccc4)cc3)c3ccc4c(c3)sc3cc(-n5c6ccccc6c6ccc7ccccc7c65)ccc34)cc2)cc1. The number of hydrogen-bond donors (Lipinski definition) is 0. The number of benzene rings is 9. The van der Waals surface area contributed by atoms with Gasteiger partial charge in [0.2, 0.25) is 0 Å². The Hall–Kier alpha value is -6.94. The Morgan fingerprint density at radius 2 is 0.855 bits per heavy atom. The van der Waals surface area contributed by atoms with Crippen molar-refractivity contribution in [2.24, 2.45) is 0 Å². The molecule has 0 atom stereocenters. The Morgan fingerprint density at radius 1 is 0.345 bits per heavy atom. The molecule has 11 rings (SSSR count). The molecule has 258 valence electrons. The van der Waals surface area contributed by atoms with E-state index in [4.69, 9.17) is 0 Å². The maximum absolute atomic E-state index is 2.46.